The molecule has 4 rings (SSSR count). The average Bonchev–Trinajstić information content (AvgIpc) is 2.67. The lowest BCUT2D eigenvalue weighted by Crippen LogP contribution is -1.96. The standard InChI is InChI=1S/C22H18N2O/c1-15-7-3-4-8-18(15)22-21(16-11-13-17(25-2)14-12-16)23-19-9-5-6-10-20(19)24-22/h3-14H,1-2H3. The Morgan fingerprint density at radius 1 is 0.680 bits per heavy atom. The van der Waals surface area contributed by atoms with Crippen LogP contribution in [-0.2, 0) is 0 Å². The number of hydrogen-bond acceptors (Lipinski definition) is 3. The maximum atomic E-state index is 5.27. The quantitative estimate of drug-likeness (QED) is 0.514. The summed E-state index contributed by atoms with van der Waals surface area (Å²) in [6, 6.07) is 24.2. The Kier molecular flexibility index (Phi) is 3.90. The van der Waals surface area contributed by atoms with E-state index in [9.17, 15) is 0 Å². The average molecular weight is 326 g/mol. The molecule has 0 aliphatic rings. The number of aromatic nitrogens is 2. The summed E-state index contributed by atoms with van der Waals surface area (Å²) in [5.41, 5.74) is 6.90. The summed E-state index contributed by atoms with van der Waals surface area (Å²) >= 11 is 0. The Morgan fingerprint density at radius 3 is 1.92 bits per heavy atom. The van der Waals surface area contributed by atoms with Crippen LogP contribution in [0, 0.1) is 6.92 Å². The van der Waals surface area contributed by atoms with Crippen LogP contribution >= 0.6 is 0 Å². The van der Waals surface area contributed by atoms with Crippen molar-refractivity contribution >= 4 is 11.0 Å². The predicted octanol–water partition coefficient (Wildman–Crippen LogP) is 5.28. The van der Waals surface area contributed by atoms with Gasteiger partial charge in [-0.1, -0.05) is 36.4 Å². The highest BCUT2D eigenvalue weighted by Crippen LogP contribution is 2.33. The minimum Gasteiger partial charge on any atom is -0.497 e. The first kappa shape index (κ1) is 15.3. The summed E-state index contributed by atoms with van der Waals surface area (Å²) in [6.45, 7) is 2.10. The molecule has 0 fully saturated rings. The van der Waals surface area contributed by atoms with E-state index in [1.807, 2.05) is 60.7 Å². The van der Waals surface area contributed by atoms with E-state index in [1.165, 1.54) is 5.56 Å². The molecule has 0 aliphatic heterocycles. The van der Waals surface area contributed by atoms with Gasteiger partial charge in [-0.15, -0.1) is 0 Å². The lowest BCUT2D eigenvalue weighted by molar-refractivity contribution is 0.415. The van der Waals surface area contributed by atoms with E-state index in [0.717, 1.165) is 39.3 Å². The van der Waals surface area contributed by atoms with Crippen molar-refractivity contribution in [3.05, 3.63) is 78.4 Å². The fourth-order valence-corrected chi connectivity index (χ4v) is 2.98. The van der Waals surface area contributed by atoms with Crippen LogP contribution in [0.2, 0.25) is 0 Å². The SMILES string of the molecule is COc1ccc(-c2nc3ccccc3nc2-c2ccccc2C)cc1. The van der Waals surface area contributed by atoms with E-state index in [-0.39, 0.29) is 0 Å². The zero-order valence-electron chi connectivity index (χ0n) is 14.2. The number of hydrogen-bond donors (Lipinski definition) is 0. The molecule has 0 radical (unpaired) electrons. The molecule has 0 spiro atoms. The number of para-hydroxylation sites is 2. The van der Waals surface area contributed by atoms with E-state index >= 15 is 0 Å². The molecular formula is C22H18N2O. The Labute approximate surface area is 147 Å². The van der Waals surface area contributed by atoms with Crippen molar-refractivity contribution in [1.82, 2.24) is 9.97 Å². The summed E-state index contributed by atoms with van der Waals surface area (Å²) in [6.07, 6.45) is 0. The number of fused-ring (bicyclic) bond motifs is 1. The van der Waals surface area contributed by atoms with Crippen molar-refractivity contribution in [1.29, 1.82) is 0 Å². The van der Waals surface area contributed by atoms with Gasteiger partial charge in [-0.05, 0) is 48.9 Å². The van der Waals surface area contributed by atoms with Crippen molar-refractivity contribution in [3.63, 3.8) is 0 Å². The zero-order chi connectivity index (χ0) is 17.2. The van der Waals surface area contributed by atoms with E-state index in [0.29, 0.717) is 0 Å². The molecule has 0 saturated carbocycles. The van der Waals surface area contributed by atoms with Crippen LogP contribution in [0.5, 0.6) is 5.75 Å². The van der Waals surface area contributed by atoms with Crippen LogP contribution in [0.25, 0.3) is 33.5 Å². The van der Waals surface area contributed by atoms with E-state index < -0.39 is 0 Å². The Bertz CT molecular complexity index is 1040. The molecule has 0 amide bonds. The molecule has 0 bridgehead atoms. The van der Waals surface area contributed by atoms with E-state index in [1.54, 1.807) is 7.11 Å². The third-order valence-electron chi connectivity index (χ3n) is 4.33. The fourth-order valence-electron chi connectivity index (χ4n) is 2.98. The number of methoxy groups -OCH3 is 1. The number of benzene rings is 3. The molecule has 1 heterocycles. The second-order valence-corrected chi connectivity index (χ2v) is 5.95. The molecule has 3 nitrogen and oxygen atoms in total. The highest BCUT2D eigenvalue weighted by Gasteiger charge is 2.14. The van der Waals surface area contributed by atoms with Gasteiger partial charge in [0.2, 0.25) is 0 Å². The van der Waals surface area contributed by atoms with Crippen molar-refractivity contribution in [2.75, 3.05) is 7.11 Å². The van der Waals surface area contributed by atoms with Gasteiger partial charge in [0.1, 0.15) is 5.75 Å². The Balaban J connectivity index is 2.00. The van der Waals surface area contributed by atoms with Gasteiger partial charge in [0.15, 0.2) is 0 Å². The molecule has 25 heavy (non-hydrogen) atoms. The molecule has 4 aromatic rings. The summed E-state index contributed by atoms with van der Waals surface area (Å²) in [4.78, 5) is 9.85. The molecule has 0 unspecified atom stereocenters. The fraction of sp³-hybridized carbons (Fsp3) is 0.0909. The van der Waals surface area contributed by atoms with Crippen LogP contribution in [-0.4, -0.2) is 17.1 Å². The maximum absolute atomic E-state index is 5.27. The number of ether oxygens (including phenoxy) is 1. The van der Waals surface area contributed by atoms with Gasteiger partial charge in [-0.2, -0.15) is 0 Å². The zero-order valence-corrected chi connectivity index (χ0v) is 14.2. The van der Waals surface area contributed by atoms with Crippen LogP contribution in [0.15, 0.2) is 72.8 Å². The number of nitrogens with zero attached hydrogens (tertiary/aromatic N) is 2. The monoisotopic (exact) mass is 326 g/mol. The van der Waals surface area contributed by atoms with Crippen LogP contribution in [0.3, 0.4) is 0 Å². The van der Waals surface area contributed by atoms with Crippen molar-refractivity contribution in [2.45, 2.75) is 6.92 Å². The van der Waals surface area contributed by atoms with E-state index in [2.05, 4.69) is 19.1 Å². The Morgan fingerprint density at radius 2 is 1.28 bits per heavy atom. The molecular weight excluding hydrogens is 308 g/mol. The molecule has 0 N–H and O–H groups in total. The van der Waals surface area contributed by atoms with Crippen LogP contribution in [0.4, 0.5) is 0 Å². The summed E-state index contributed by atoms with van der Waals surface area (Å²) in [7, 11) is 1.67. The molecule has 0 saturated heterocycles. The first-order valence-corrected chi connectivity index (χ1v) is 8.23. The first-order valence-electron chi connectivity index (χ1n) is 8.23. The third kappa shape index (κ3) is 2.85. The molecule has 122 valence electrons. The summed E-state index contributed by atoms with van der Waals surface area (Å²) < 4.78 is 5.27. The molecule has 1 aromatic heterocycles. The number of aryl methyl sites for hydroxylation is 1. The van der Waals surface area contributed by atoms with Crippen molar-refractivity contribution in [2.24, 2.45) is 0 Å². The van der Waals surface area contributed by atoms with Crippen molar-refractivity contribution < 1.29 is 4.74 Å². The maximum Gasteiger partial charge on any atom is 0.118 e. The normalized spacial score (nSPS) is 10.8. The lowest BCUT2D eigenvalue weighted by atomic mass is 10.00. The second kappa shape index (κ2) is 6.36. The molecule has 0 atom stereocenters. The topological polar surface area (TPSA) is 35.0 Å². The lowest BCUT2D eigenvalue weighted by Gasteiger charge is -2.12. The van der Waals surface area contributed by atoms with Gasteiger partial charge in [0.05, 0.1) is 29.5 Å². The van der Waals surface area contributed by atoms with Crippen molar-refractivity contribution in [3.8, 4) is 28.3 Å². The van der Waals surface area contributed by atoms with E-state index in [4.69, 9.17) is 14.7 Å². The first-order chi connectivity index (χ1) is 12.3. The minimum atomic E-state index is 0.829. The third-order valence-corrected chi connectivity index (χ3v) is 4.33. The summed E-state index contributed by atoms with van der Waals surface area (Å²) in [5, 5.41) is 0. The summed E-state index contributed by atoms with van der Waals surface area (Å²) in [5.74, 6) is 0.829. The van der Waals surface area contributed by atoms with Gasteiger partial charge < -0.3 is 4.74 Å². The van der Waals surface area contributed by atoms with Gasteiger partial charge >= 0.3 is 0 Å². The second-order valence-electron chi connectivity index (χ2n) is 5.95. The van der Waals surface area contributed by atoms with Crippen LogP contribution in [0.1, 0.15) is 5.56 Å². The van der Waals surface area contributed by atoms with Gasteiger partial charge in [-0.25, -0.2) is 9.97 Å². The van der Waals surface area contributed by atoms with Crippen LogP contribution < -0.4 is 4.74 Å². The number of rotatable bonds is 3. The van der Waals surface area contributed by atoms with Gasteiger partial charge in [0.25, 0.3) is 0 Å². The smallest absolute Gasteiger partial charge is 0.118 e. The molecule has 3 aromatic carbocycles. The highest BCUT2D eigenvalue weighted by molar-refractivity contribution is 5.87. The molecule has 3 heteroatoms. The van der Waals surface area contributed by atoms with Gasteiger partial charge in [-0.3, -0.25) is 0 Å². The van der Waals surface area contributed by atoms with Gasteiger partial charge in [0, 0.05) is 11.1 Å². The Hall–Kier alpha value is -3.20. The largest absolute Gasteiger partial charge is 0.497 e. The minimum absolute atomic E-state index is 0.829. The highest BCUT2D eigenvalue weighted by atomic mass is 16.5. The molecule has 0 aliphatic carbocycles. The predicted molar refractivity (Wildman–Crippen MR) is 102 cm³/mol.